The van der Waals surface area contributed by atoms with E-state index in [1.165, 1.54) is 11.1 Å². The van der Waals surface area contributed by atoms with E-state index in [-0.39, 0.29) is 18.9 Å². The third-order valence-corrected chi connectivity index (χ3v) is 5.32. The van der Waals surface area contributed by atoms with E-state index in [0.29, 0.717) is 24.3 Å². The summed E-state index contributed by atoms with van der Waals surface area (Å²) in [5, 5.41) is 2.68. The van der Waals surface area contributed by atoms with Gasteiger partial charge in [0.05, 0.1) is 6.42 Å². The summed E-state index contributed by atoms with van der Waals surface area (Å²) in [6, 6.07) is 12.8. The molecule has 2 aromatic rings. The number of carbonyl (C=O) groups is 3. The smallest absolute Gasteiger partial charge is 0.310 e. The van der Waals surface area contributed by atoms with Crippen LogP contribution < -0.4 is 5.32 Å². The lowest BCUT2D eigenvalue weighted by atomic mass is 10.0. The van der Waals surface area contributed by atoms with Gasteiger partial charge in [0.15, 0.2) is 6.61 Å². The molecule has 0 radical (unpaired) electrons. The van der Waals surface area contributed by atoms with Gasteiger partial charge in [-0.25, -0.2) is 0 Å². The zero-order valence-corrected chi connectivity index (χ0v) is 17.6. The predicted molar refractivity (Wildman–Crippen MR) is 115 cm³/mol. The van der Waals surface area contributed by atoms with Gasteiger partial charge in [-0.15, -0.1) is 0 Å². The number of ether oxygens (including phenoxy) is 1. The lowest BCUT2D eigenvalue weighted by Gasteiger charge is -2.19. The molecule has 0 aromatic heterocycles. The van der Waals surface area contributed by atoms with Crippen molar-refractivity contribution in [2.45, 2.75) is 39.5 Å². The molecule has 6 heteroatoms. The highest BCUT2D eigenvalue weighted by Gasteiger charge is 2.15. The van der Waals surface area contributed by atoms with E-state index in [1.54, 1.807) is 29.2 Å². The third-order valence-electron chi connectivity index (χ3n) is 5.32. The Morgan fingerprint density at radius 3 is 2.53 bits per heavy atom. The van der Waals surface area contributed by atoms with Crippen molar-refractivity contribution in [2.24, 2.45) is 0 Å². The summed E-state index contributed by atoms with van der Waals surface area (Å²) < 4.78 is 5.12. The van der Waals surface area contributed by atoms with Gasteiger partial charge < -0.3 is 15.0 Å². The lowest BCUT2D eigenvalue weighted by Crippen LogP contribution is -2.30. The van der Waals surface area contributed by atoms with Gasteiger partial charge in [-0.2, -0.15) is 0 Å². The van der Waals surface area contributed by atoms with Gasteiger partial charge >= 0.3 is 5.97 Å². The molecule has 0 heterocycles. The predicted octanol–water partition coefficient (Wildman–Crippen LogP) is 3.38. The van der Waals surface area contributed by atoms with Gasteiger partial charge in [-0.05, 0) is 68.0 Å². The van der Waals surface area contributed by atoms with Crippen molar-refractivity contribution in [2.75, 3.05) is 25.0 Å². The first-order valence-corrected chi connectivity index (χ1v) is 10.5. The van der Waals surface area contributed by atoms with Crippen LogP contribution in [0.1, 0.15) is 47.3 Å². The standard InChI is InChI=1S/C24H28N2O4/c1-3-26(4-2)24(29)20-9-6-10-21(15-20)25-22(27)16-30-23(28)14-17-11-12-18-7-5-8-19(18)13-17/h6,9-13,15H,3-5,7-8,14,16H2,1-2H3,(H,25,27). The minimum Gasteiger partial charge on any atom is -0.455 e. The minimum absolute atomic E-state index is 0.0862. The molecule has 0 bridgehead atoms. The molecule has 30 heavy (non-hydrogen) atoms. The largest absolute Gasteiger partial charge is 0.455 e. The van der Waals surface area contributed by atoms with Crippen molar-refractivity contribution in [3.05, 3.63) is 64.7 Å². The Bertz CT molecular complexity index is 935. The third kappa shape index (κ3) is 5.47. The van der Waals surface area contributed by atoms with Gasteiger partial charge in [0.25, 0.3) is 11.8 Å². The van der Waals surface area contributed by atoms with Crippen molar-refractivity contribution in [1.82, 2.24) is 4.90 Å². The fourth-order valence-electron chi connectivity index (χ4n) is 3.72. The molecule has 2 amide bonds. The highest BCUT2D eigenvalue weighted by Crippen LogP contribution is 2.23. The Kier molecular flexibility index (Phi) is 7.22. The number of esters is 1. The summed E-state index contributed by atoms with van der Waals surface area (Å²) in [6.07, 6.45) is 3.46. The molecular formula is C24H28N2O4. The van der Waals surface area contributed by atoms with E-state index in [9.17, 15) is 14.4 Å². The number of benzene rings is 2. The SMILES string of the molecule is CCN(CC)C(=O)c1cccc(NC(=O)COC(=O)Cc2ccc3c(c2)CCC3)c1. The Hall–Kier alpha value is -3.15. The van der Waals surface area contributed by atoms with Crippen molar-refractivity contribution >= 4 is 23.5 Å². The molecule has 2 aromatic carbocycles. The zero-order chi connectivity index (χ0) is 21.5. The first kappa shape index (κ1) is 21.6. The van der Waals surface area contributed by atoms with Crippen LogP contribution in [0.15, 0.2) is 42.5 Å². The quantitative estimate of drug-likeness (QED) is 0.680. The van der Waals surface area contributed by atoms with Crippen LogP contribution in [-0.2, 0) is 33.6 Å². The van der Waals surface area contributed by atoms with Crippen molar-refractivity contribution in [1.29, 1.82) is 0 Å². The molecule has 0 fully saturated rings. The van der Waals surface area contributed by atoms with Gasteiger partial charge in [-0.1, -0.05) is 24.3 Å². The Balaban J connectivity index is 1.50. The van der Waals surface area contributed by atoms with Crippen molar-refractivity contribution in [3.8, 4) is 0 Å². The minimum atomic E-state index is -0.440. The lowest BCUT2D eigenvalue weighted by molar-refractivity contribution is -0.146. The highest BCUT2D eigenvalue weighted by molar-refractivity contribution is 5.97. The van der Waals surface area contributed by atoms with Crippen LogP contribution in [0, 0.1) is 0 Å². The fourth-order valence-corrected chi connectivity index (χ4v) is 3.72. The maximum absolute atomic E-state index is 12.4. The average Bonchev–Trinajstić information content (AvgIpc) is 3.21. The Morgan fingerprint density at radius 1 is 1.00 bits per heavy atom. The van der Waals surface area contributed by atoms with Crippen LogP contribution >= 0.6 is 0 Å². The first-order chi connectivity index (χ1) is 14.5. The molecule has 6 nitrogen and oxygen atoms in total. The molecule has 1 aliphatic rings. The van der Waals surface area contributed by atoms with E-state index >= 15 is 0 Å². The van der Waals surface area contributed by atoms with E-state index in [1.807, 2.05) is 19.9 Å². The topological polar surface area (TPSA) is 75.7 Å². The van der Waals surface area contributed by atoms with Gasteiger partial charge in [0.2, 0.25) is 0 Å². The Labute approximate surface area is 177 Å². The number of hydrogen-bond donors (Lipinski definition) is 1. The molecule has 0 saturated carbocycles. The van der Waals surface area contributed by atoms with Crippen LogP contribution in [0.5, 0.6) is 0 Å². The van der Waals surface area contributed by atoms with Gasteiger partial charge in [0, 0.05) is 24.3 Å². The number of amides is 2. The molecule has 1 N–H and O–H groups in total. The van der Waals surface area contributed by atoms with E-state index in [0.717, 1.165) is 24.8 Å². The maximum Gasteiger partial charge on any atom is 0.310 e. The van der Waals surface area contributed by atoms with Crippen LogP contribution in [0.4, 0.5) is 5.69 Å². The summed E-state index contributed by atoms with van der Waals surface area (Å²) in [5.41, 5.74) is 4.56. The maximum atomic E-state index is 12.4. The monoisotopic (exact) mass is 408 g/mol. The summed E-state index contributed by atoms with van der Waals surface area (Å²) >= 11 is 0. The van der Waals surface area contributed by atoms with Gasteiger partial charge in [-0.3, -0.25) is 14.4 Å². The first-order valence-electron chi connectivity index (χ1n) is 10.5. The number of aryl methyl sites for hydroxylation is 2. The number of nitrogens with one attached hydrogen (secondary N) is 1. The fraction of sp³-hybridized carbons (Fsp3) is 0.375. The number of anilines is 1. The van der Waals surface area contributed by atoms with Gasteiger partial charge in [0.1, 0.15) is 0 Å². The summed E-state index contributed by atoms with van der Waals surface area (Å²) in [6.45, 7) is 4.71. The molecule has 0 unspecified atom stereocenters. The molecule has 0 saturated heterocycles. The van der Waals surface area contributed by atoms with Crippen LogP contribution in [-0.4, -0.2) is 42.4 Å². The second-order valence-electron chi connectivity index (χ2n) is 7.40. The average molecular weight is 408 g/mol. The second kappa shape index (κ2) is 10.1. The molecule has 158 valence electrons. The van der Waals surface area contributed by atoms with Crippen LogP contribution in [0.3, 0.4) is 0 Å². The van der Waals surface area contributed by atoms with E-state index in [2.05, 4.69) is 17.4 Å². The number of rotatable bonds is 8. The van der Waals surface area contributed by atoms with E-state index < -0.39 is 11.9 Å². The number of carbonyl (C=O) groups excluding carboxylic acids is 3. The van der Waals surface area contributed by atoms with Crippen LogP contribution in [0.25, 0.3) is 0 Å². The van der Waals surface area contributed by atoms with Crippen LogP contribution in [0.2, 0.25) is 0 Å². The number of fused-ring (bicyclic) bond motifs is 1. The molecule has 3 rings (SSSR count). The number of nitrogens with zero attached hydrogens (tertiary/aromatic N) is 1. The van der Waals surface area contributed by atoms with Crippen molar-refractivity contribution < 1.29 is 19.1 Å². The normalized spacial score (nSPS) is 12.2. The molecule has 0 spiro atoms. The van der Waals surface area contributed by atoms with Crippen molar-refractivity contribution in [3.63, 3.8) is 0 Å². The number of hydrogen-bond acceptors (Lipinski definition) is 4. The highest BCUT2D eigenvalue weighted by atomic mass is 16.5. The second-order valence-corrected chi connectivity index (χ2v) is 7.40. The molecular weight excluding hydrogens is 380 g/mol. The Morgan fingerprint density at radius 2 is 1.77 bits per heavy atom. The molecule has 0 aliphatic heterocycles. The summed E-state index contributed by atoms with van der Waals surface area (Å²) in [5.74, 6) is -0.963. The summed E-state index contributed by atoms with van der Waals surface area (Å²) in [4.78, 5) is 38.4. The molecule has 0 atom stereocenters. The molecule has 1 aliphatic carbocycles. The van der Waals surface area contributed by atoms with E-state index in [4.69, 9.17) is 4.74 Å². The summed E-state index contributed by atoms with van der Waals surface area (Å²) in [7, 11) is 0. The zero-order valence-electron chi connectivity index (χ0n) is 17.6.